The van der Waals surface area contributed by atoms with Crippen LogP contribution in [0.15, 0.2) is 36.1 Å². The molecule has 2 N–H and O–H groups in total. The van der Waals surface area contributed by atoms with Gasteiger partial charge < -0.3 is 10.4 Å². The average Bonchev–Trinajstić information content (AvgIpc) is 2.20. The molecule has 0 aliphatic carbocycles. The lowest BCUT2D eigenvalue weighted by Crippen LogP contribution is -2.16. The van der Waals surface area contributed by atoms with E-state index >= 15 is 0 Å². The van der Waals surface area contributed by atoms with Gasteiger partial charge in [0.2, 0.25) is 5.76 Å². The Balaban J connectivity index is 2.71. The van der Waals surface area contributed by atoms with Crippen LogP contribution in [0.2, 0.25) is 0 Å². The second kappa shape index (κ2) is 4.90. The fourth-order valence-electron chi connectivity index (χ4n) is 1.02. The van der Waals surface area contributed by atoms with Crippen LogP contribution in [0.4, 0.5) is 18.9 Å². The minimum absolute atomic E-state index is 0.0971. The van der Waals surface area contributed by atoms with E-state index in [-0.39, 0.29) is 6.08 Å². The Labute approximate surface area is 95.6 Å². The van der Waals surface area contributed by atoms with Gasteiger partial charge in [0.1, 0.15) is 0 Å². The fourth-order valence-corrected chi connectivity index (χ4v) is 1.02. The van der Waals surface area contributed by atoms with Crippen LogP contribution in [0, 0.1) is 6.92 Å². The van der Waals surface area contributed by atoms with Gasteiger partial charge in [-0.1, -0.05) is 17.7 Å². The van der Waals surface area contributed by atoms with E-state index in [1.807, 2.05) is 6.92 Å². The van der Waals surface area contributed by atoms with Crippen LogP contribution in [0.3, 0.4) is 0 Å². The highest BCUT2D eigenvalue weighted by Crippen LogP contribution is 2.22. The maximum absolute atomic E-state index is 11.9. The Morgan fingerprint density at radius 1 is 1.29 bits per heavy atom. The SMILES string of the molecule is Cc1ccc(NC(=O)/C=C(\O)C(F)(F)F)cc1. The first-order valence-electron chi connectivity index (χ1n) is 4.64. The number of aryl methyl sites for hydroxylation is 1. The van der Waals surface area contributed by atoms with Gasteiger partial charge in [-0.3, -0.25) is 4.79 Å². The number of hydrogen-bond acceptors (Lipinski definition) is 2. The molecular formula is C11H10F3NO2. The summed E-state index contributed by atoms with van der Waals surface area (Å²) in [6, 6.07) is 6.49. The van der Waals surface area contributed by atoms with E-state index in [9.17, 15) is 18.0 Å². The number of carbonyl (C=O) groups excluding carboxylic acids is 1. The summed E-state index contributed by atoms with van der Waals surface area (Å²) in [7, 11) is 0. The summed E-state index contributed by atoms with van der Waals surface area (Å²) in [6.45, 7) is 1.83. The van der Waals surface area contributed by atoms with Crippen molar-refractivity contribution in [2.75, 3.05) is 5.32 Å². The molecule has 17 heavy (non-hydrogen) atoms. The number of alkyl halides is 3. The molecule has 1 aromatic rings. The maximum atomic E-state index is 11.9. The van der Waals surface area contributed by atoms with Gasteiger partial charge in [-0.15, -0.1) is 0 Å². The number of amides is 1. The molecule has 0 aromatic heterocycles. The van der Waals surface area contributed by atoms with Gasteiger partial charge in [-0.25, -0.2) is 0 Å². The van der Waals surface area contributed by atoms with Gasteiger partial charge in [0.25, 0.3) is 5.91 Å². The predicted molar refractivity (Wildman–Crippen MR) is 56.6 cm³/mol. The zero-order valence-corrected chi connectivity index (χ0v) is 8.88. The second-order valence-electron chi connectivity index (χ2n) is 3.38. The molecule has 0 heterocycles. The molecule has 6 heteroatoms. The summed E-state index contributed by atoms with van der Waals surface area (Å²) < 4.78 is 35.7. The first kappa shape index (κ1) is 13.1. The molecule has 1 amide bonds. The molecule has 1 rings (SSSR count). The van der Waals surface area contributed by atoms with Crippen molar-refractivity contribution in [2.45, 2.75) is 13.1 Å². The molecular weight excluding hydrogens is 235 g/mol. The highest BCUT2D eigenvalue weighted by Gasteiger charge is 2.34. The van der Waals surface area contributed by atoms with Crippen LogP contribution < -0.4 is 5.32 Å². The minimum Gasteiger partial charge on any atom is -0.504 e. The summed E-state index contributed by atoms with van der Waals surface area (Å²) in [6.07, 6.45) is -4.82. The molecule has 0 saturated carbocycles. The zero-order chi connectivity index (χ0) is 13.1. The molecule has 3 nitrogen and oxygen atoms in total. The van der Waals surface area contributed by atoms with Crippen molar-refractivity contribution in [2.24, 2.45) is 0 Å². The van der Waals surface area contributed by atoms with Crippen molar-refractivity contribution in [3.8, 4) is 0 Å². The van der Waals surface area contributed by atoms with Crippen molar-refractivity contribution in [3.05, 3.63) is 41.7 Å². The number of carbonyl (C=O) groups is 1. The number of halogens is 3. The van der Waals surface area contributed by atoms with Crippen LogP contribution in [-0.2, 0) is 4.79 Å². The normalized spacial score (nSPS) is 12.4. The third-order valence-electron chi connectivity index (χ3n) is 1.88. The summed E-state index contributed by atoms with van der Waals surface area (Å²) >= 11 is 0. The van der Waals surface area contributed by atoms with E-state index in [4.69, 9.17) is 5.11 Å². The van der Waals surface area contributed by atoms with Crippen LogP contribution in [-0.4, -0.2) is 17.2 Å². The lowest BCUT2D eigenvalue weighted by Gasteiger charge is -2.05. The Bertz CT molecular complexity index is 435. The van der Waals surface area contributed by atoms with E-state index in [0.717, 1.165) is 5.56 Å². The van der Waals surface area contributed by atoms with Crippen molar-refractivity contribution in [1.29, 1.82) is 0 Å². The van der Waals surface area contributed by atoms with E-state index < -0.39 is 17.8 Å². The second-order valence-corrected chi connectivity index (χ2v) is 3.38. The van der Waals surface area contributed by atoms with Crippen LogP contribution in [0.5, 0.6) is 0 Å². The molecule has 0 aliphatic rings. The maximum Gasteiger partial charge on any atom is 0.448 e. The summed E-state index contributed by atoms with van der Waals surface area (Å²) in [5, 5.41) is 10.8. The van der Waals surface area contributed by atoms with Gasteiger partial charge in [-0.05, 0) is 19.1 Å². The smallest absolute Gasteiger partial charge is 0.448 e. The Morgan fingerprint density at radius 3 is 2.29 bits per heavy atom. The van der Waals surface area contributed by atoms with Gasteiger partial charge in [0.05, 0.1) is 6.08 Å². The topological polar surface area (TPSA) is 49.3 Å². The lowest BCUT2D eigenvalue weighted by atomic mass is 10.2. The Kier molecular flexibility index (Phi) is 3.77. The fraction of sp³-hybridized carbons (Fsp3) is 0.182. The number of aliphatic hydroxyl groups is 1. The third-order valence-corrected chi connectivity index (χ3v) is 1.88. The van der Waals surface area contributed by atoms with E-state index in [1.54, 1.807) is 24.3 Å². The van der Waals surface area contributed by atoms with Gasteiger partial charge in [-0.2, -0.15) is 13.2 Å². The molecule has 0 radical (unpaired) electrons. The minimum atomic E-state index is -4.91. The quantitative estimate of drug-likeness (QED) is 0.621. The number of benzene rings is 1. The van der Waals surface area contributed by atoms with E-state index in [0.29, 0.717) is 5.69 Å². The number of anilines is 1. The highest BCUT2D eigenvalue weighted by molar-refractivity contribution is 5.99. The lowest BCUT2D eigenvalue weighted by molar-refractivity contribution is -0.124. The number of hydrogen-bond donors (Lipinski definition) is 2. The van der Waals surface area contributed by atoms with Crippen molar-refractivity contribution >= 4 is 11.6 Å². The number of aliphatic hydroxyl groups excluding tert-OH is 1. The largest absolute Gasteiger partial charge is 0.504 e. The number of nitrogens with one attached hydrogen (secondary N) is 1. The summed E-state index contributed by atoms with van der Waals surface area (Å²) in [5.74, 6) is -2.97. The molecule has 0 fully saturated rings. The van der Waals surface area contributed by atoms with Crippen molar-refractivity contribution in [3.63, 3.8) is 0 Å². The van der Waals surface area contributed by atoms with Crippen LogP contribution >= 0.6 is 0 Å². The molecule has 0 atom stereocenters. The number of allylic oxidation sites excluding steroid dienone is 1. The van der Waals surface area contributed by atoms with E-state index in [2.05, 4.69) is 5.32 Å². The summed E-state index contributed by atoms with van der Waals surface area (Å²) in [4.78, 5) is 11.1. The first-order chi connectivity index (χ1) is 7.79. The van der Waals surface area contributed by atoms with Gasteiger partial charge in [0, 0.05) is 5.69 Å². The predicted octanol–water partition coefficient (Wildman–Crippen LogP) is 2.94. The van der Waals surface area contributed by atoms with Crippen molar-refractivity contribution in [1.82, 2.24) is 0 Å². The Hall–Kier alpha value is -1.98. The van der Waals surface area contributed by atoms with Crippen LogP contribution in [0.25, 0.3) is 0 Å². The zero-order valence-electron chi connectivity index (χ0n) is 8.88. The Morgan fingerprint density at radius 2 is 1.82 bits per heavy atom. The van der Waals surface area contributed by atoms with Crippen LogP contribution in [0.1, 0.15) is 5.56 Å². The first-order valence-corrected chi connectivity index (χ1v) is 4.64. The average molecular weight is 245 g/mol. The number of rotatable bonds is 2. The molecule has 0 spiro atoms. The molecule has 92 valence electrons. The molecule has 0 aliphatic heterocycles. The molecule has 0 unspecified atom stereocenters. The highest BCUT2D eigenvalue weighted by atomic mass is 19.4. The standard InChI is InChI=1S/C11H10F3NO2/c1-7-2-4-8(5-3-7)15-10(17)6-9(16)11(12,13)14/h2-6,16H,1H3,(H,15,17)/b9-6-. The third kappa shape index (κ3) is 4.18. The molecule has 0 bridgehead atoms. The monoisotopic (exact) mass is 245 g/mol. The molecule has 1 aromatic carbocycles. The van der Waals surface area contributed by atoms with Gasteiger partial charge in [0.15, 0.2) is 0 Å². The van der Waals surface area contributed by atoms with E-state index in [1.165, 1.54) is 0 Å². The summed E-state index contributed by atoms with van der Waals surface area (Å²) in [5.41, 5.74) is 1.31. The van der Waals surface area contributed by atoms with Gasteiger partial charge >= 0.3 is 6.18 Å². The van der Waals surface area contributed by atoms with Crippen molar-refractivity contribution < 1.29 is 23.1 Å². The molecule has 0 saturated heterocycles.